The van der Waals surface area contributed by atoms with Gasteiger partial charge in [-0.15, -0.1) is 10.2 Å². The van der Waals surface area contributed by atoms with Crippen LogP contribution in [0.2, 0.25) is 0 Å². The van der Waals surface area contributed by atoms with Crippen LogP contribution in [0.4, 0.5) is 5.69 Å². The van der Waals surface area contributed by atoms with Crippen molar-refractivity contribution in [1.29, 1.82) is 0 Å². The highest BCUT2D eigenvalue weighted by molar-refractivity contribution is 8.00. The van der Waals surface area contributed by atoms with Crippen LogP contribution in [0.25, 0.3) is 11.4 Å². The average molecular weight is 398 g/mol. The summed E-state index contributed by atoms with van der Waals surface area (Å²) in [5.41, 5.74) is 1.56. The molecule has 0 saturated carbocycles. The van der Waals surface area contributed by atoms with E-state index in [2.05, 4.69) is 15.5 Å². The zero-order valence-electron chi connectivity index (χ0n) is 16.2. The molecule has 28 heavy (non-hydrogen) atoms. The van der Waals surface area contributed by atoms with Crippen LogP contribution < -0.4 is 14.8 Å². The smallest absolute Gasteiger partial charge is 0.237 e. The lowest BCUT2D eigenvalue weighted by molar-refractivity contribution is -0.115. The first-order valence-corrected chi connectivity index (χ1v) is 9.55. The minimum atomic E-state index is -0.351. The third kappa shape index (κ3) is 4.28. The number of benzene rings is 2. The van der Waals surface area contributed by atoms with E-state index < -0.39 is 0 Å². The number of aromatic nitrogens is 3. The Hall–Kier alpha value is -3.00. The van der Waals surface area contributed by atoms with Crippen LogP contribution in [0, 0.1) is 0 Å². The molecule has 0 bridgehead atoms. The quantitative estimate of drug-likeness (QED) is 0.613. The van der Waals surface area contributed by atoms with Crippen LogP contribution in [0.3, 0.4) is 0 Å². The normalized spacial score (nSPS) is 11.7. The molecule has 1 N–H and O–H groups in total. The van der Waals surface area contributed by atoms with Gasteiger partial charge in [-0.25, -0.2) is 0 Å². The van der Waals surface area contributed by atoms with Crippen molar-refractivity contribution in [3.05, 3.63) is 48.5 Å². The van der Waals surface area contributed by atoms with Gasteiger partial charge in [0.15, 0.2) is 11.0 Å². The van der Waals surface area contributed by atoms with Crippen LogP contribution in [-0.2, 0) is 11.8 Å². The molecule has 0 unspecified atom stereocenters. The molecule has 0 aliphatic carbocycles. The van der Waals surface area contributed by atoms with Crippen molar-refractivity contribution in [2.75, 3.05) is 19.5 Å². The Morgan fingerprint density at radius 2 is 1.79 bits per heavy atom. The second kappa shape index (κ2) is 8.79. The van der Waals surface area contributed by atoms with E-state index in [1.54, 1.807) is 38.5 Å². The van der Waals surface area contributed by atoms with Crippen molar-refractivity contribution in [2.45, 2.75) is 17.3 Å². The summed E-state index contributed by atoms with van der Waals surface area (Å²) in [6.45, 7) is 1.83. The largest absolute Gasteiger partial charge is 0.497 e. The van der Waals surface area contributed by atoms with Gasteiger partial charge in [-0.1, -0.05) is 23.9 Å². The van der Waals surface area contributed by atoms with Crippen molar-refractivity contribution in [3.8, 4) is 22.9 Å². The fourth-order valence-electron chi connectivity index (χ4n) is 2.61. The molecule has 1 amide bonds. The van der Waals surface area contributed by atoms with Crippen LogP contribution in [-0.4, -0.2) is 40.1 Å². The number of ether oxygens (including phenoxy) is 2. The summed E-state index contributed by atoms with van der Waals surface area (Å²) in [5.74, 6) is 2.03. The molecule has 1 heterocycles. The number of nitrogens with zero attached hydrogens (tertiary/aromatic N) is 3. The van der Waals surface area contributed by atoms with Gasteiger partial charge in [0.25, 0.3) is 0 Å². The highest BCUT2D eigenvalue weighted by atomic mass is 32.2. The maximum Gasteiger partial charge on any atom is 0.237 e. The van der Waals surface area contributed by atoms with E-state index in [0.717, 1.165) is 17.1 Å². The molecule has 2 aromatic carbocycles. The Morgan fingerprint density at radius 1 is 1.07 bits per heavy atom. The number of thioether (sulfide) groups is 1. The maximum atomic E-state index is 12.5. The monoisotopic (exact) mass is 398 g/mol. The van der Waals surface area contributed by atoms with Crippen molar-refractivity contribution in [3.63, 3.8) is 0 Å². The molecule has 0 aliphatic heterocycles. The van der Waals surface area contributed by atoms with E-state index in [-0.39, 0.29) is 11.2 Å². The Bertz CT molecular complexity index is 956. The first-order chi connectivity index (χ1) is 13.5. The molecule has 0 saturated heterocycles. The van der Waals surface area contributed by atoms with E-state index in [1.165, 1.54) is 11.8 Å². The number of hydrogen-bond donors (Lipinski definition) is 1. The number of carbonyl (C=O) groups is 1. The van der Waals surface area contributed by atoms with Crippen LogP contribution in [0.5, 0.6) is 11.5 Å². The number of rotatable bonds is 7. The van der Waals surface area contributed by atoms with E-state index >= 15 is 0 Å². The zero-order chi connectivity index (χ0) is 20.1. The Balaban J connectivity index is 1.71. The summed E-state index contributed by atoms with van der Waals surface area (Å²) in [6.07, 6.45) is 0. The molecule has 1 atom stereocenters. The summed E-state index contributed by atoms with van der Waals surface area (Å²) < 4.78 is 12.4. The Kier molecular flexibility index (Phi) is 6.20. The SMILES string of the molecule is COc1ccc(NC(=O)[C@@H](C)Sc2nnc(-c3ccccc3OC)n2C)cc1. The number of amides is 1. The minimum Gasteiger partial charge on any atom is -0.497 e. The highest BCUT2D eigenvalue weighted by Crippen LogP contribution is 2.31. The Morgan fingerprint density at radius 3 is 2.46 bits per heavy atom. The van der Waals surface area contributed by atoms with E-state index in [9.17, 15) is 4.79 Å². The average Bonchev–Trinajstić information content (AvgIpc) is 3.08. The lowest BCUT2D eigenvalue weighted by Gasteiger charge is -2.12. The second-order valence-corrected chi connectivity index (χ2v) is 7.35. The molecular weight excluding hydrogens is 376 g/mol. The standard InChI is InChI=1S/C20H22N4O3S/c1-13(19(25)21-14-9-11-15(26-3)12-10-14)28-20-23-22-18(24(20)2)16-7-5-6-8-17(16)27-4/h5-13H,1-4H3,(H,21,25)/t13-/m1/s1. The number of anilines is 1. The summed E-state index contributed by atoms with van der Waals surface area (Å²) >= 11 is 1.35. The number of para-hydroxylation sites is 1. The minimum absolute atomic E-state index is 0.114. The van der Waals surface area contributed by atoms with E-state index in [0.29, 0.717) is 16.7 Å². The summed E-state index contributed by atoms with van der Waals surface area (Å²) in [5, 5.41) is 11.7. The van der Waals surface area contributed by atoms with Crippen molar-refractivity contribution in [1.82, 2.24) is 14.8 Å². The van der Waals surface area contributed by atoms with Gasteiger partial charge in [0.2, 0.25) is 5.91 Å². The third-order valence-corrected chi connectivity index (χ3v) is 5.33. The predicted molar refractivity (Wildman–Crippen MR) is 110 cm³/mol. The maximum absolute atomic E-state index is 12.5. The molecule has 3 rings (SSSR count). The summed E-state index contributed by atoms with van der Waals surface area (Å²) in [6, 6.07) is 14.8. The van der Waals surface area contributed by atoms with Crippen LogP contribution in [0.15, 0.2) is 53.7 Å². The number of methoxy groups -OCH3 is 2. The van der Waals surface area contributed by atoms with Crippen LogP contribution in [0.1, 0.15) is 6.92 Å². The highest BCUT2D eigenvalue weighted by Gasteiger charge is 2.20. The molecule has 0 aliphatic rings. The fourth-order valence-corrected chi connectivity index (χ4v) is 3.43. The molecule has 7 nitrogen and oxygen atoms in total. The molecule has 0 fully saturated rings. The van der Waals surface area contributed by atoms with E-state index in [4.69, 9.17) is 9.47 Å². The van der Waals surface area contributed by atoms with Gasteiger partial charge in [-0.3, -0.25) is 4.79 Å². The van der Waals surface area contributed by atoms with E-state index in [1.807, 2.05) is 42.8 Å². The first kappa shape index (κ1) is 19.8. The van der Waals surface area contributed by atoms with Crippen molar-refractivity contribution < 1.29 is 14.3 Å². The number of carbonyl (C=O) groups excluding carboxylic acids is 1. The topological polar surface area (TPSA) is 78.3 Å². The third-order valence-electron chi connectivity index (χ3n) is 4.19. The van der Waals surface area contributed by atoms with Gasteiger partial charge < -0.3 is 19.4 Å². The lowest BCUT2D eigenvalue weighted by Crippen LogP contribution is -2.22. The van der Waals surface area contributed by atoms with Gasteiger partial charge in [0.1, 0.15) is 11.5 Å². The second-order valence-electron chi connectivity index (χ2n) is 6.04. The van der Waals surface area contributed by atoms with Gasteiger partial charge in [-0.2, -0.15) is 0 Å². The van der Waals surface area contributed by atoms with Gasteiger partial charge in [0, 0.05) is 12.7 Å². The summed E-state index contributed by atoms with van der Waals surface area (Å²) in [7, 11) is 5.10. The van der Waals surface area contributed by atoms with Crippen molar-refractivity contribution >= 4 is 23.4 Å². The molecule has 1 aromatic heterocycles. The fraction of sp³-hybridized carbons (Fsp3) is 0.250. The molecular formula is C20H22N4O3S. The Labute approximate surface area is 168 Å². The zero-order valence-corrected chi connectivity index (χ0v) is 17.0. The summed E-state index contributed by atoms with van der Waals surface area (Å²) in [4.78, 5) is 12.5. The molecule has 3 aromatic rings. The number of nitrogens with one attached hydrogen (secondary N) is 1. The van der Waals surface area contributed by atoms with Crippen LogP contribution >= 0.6 is 11.8 Å². The van der Waals surface area contributed by atoms with Gasteiger partial charge >= 0.3 is 0 Å². The first-order valence-electron chi connectivity index (χ1n) is 8.68. The number of hydrogen-bond acceptors (Lipinski definition) is 6. The van der Waals surface area contributed by atoms with Gasteiger partial charge in [-0.05, 0) is 43.3 Å². The molecule has 0 radical (unpaired) electrons. The molecule has 0 spiro atoms. The molecule has 8 heteroatoms. The molecule has 146 valence electrons. The lowest BCUT2D eigenvalue weighted by atomic mass is 10.2. The predicted octanol–water partition coefficient (Wildman–Crippen LogP) is 3.62. The van der Waals surface area contributed by atoms with Crippen molar-refractivity contribution in [2.24, 2.45) is 7.05 Å². The van der Waals surface area contributed by atoms with Gasteiger partial charge in [0.05, 0.1) is 25.0 Å².